The lowest BCUT2D eigenvalue weighted by Gasteiger charge is -2.15. The Hall–Kier alpha value is -1.31. The molecule has 0 spiro atoms. The molecule has 0 bridgehead atoms. The fourth-order valence-electron chi connectivity index (χ4n) is 1.49. The van der Waals surface area contributed by atoms with Gasteiger partial charge in [-0.2, -0.15) is 13.2 Å². The van der Waals surface area contributed by atoms with Crippen molar-refractivity contribution in [1.29, 1.82) is 0 Å². The molecule has 21 heavy (non-hydrogen) atoms. The first-order valence-electron chi connectivity index (χ1n) is 6.06. The van der Waals surface area contributed by atoms with E-state index < -0.39 is 18.8 Å². The SMILES string of the molecule is CC(COCC(F)(F)F)NC(=O)c1ccc(CN)cc1.Cl. The van der Waals surface area contributed by atoms with E-state index in [0.29, 0.717) is 12.1 Å². The van der Waals surface area contributed by atoms with Crippen molar-refractivity contribution in [2.24, 2.45) is 5.73 Å². The topological polar surface area (TPSA) is 64.3 Å². The zero-order valence-electron chi connectivity index (χ0n) is 11.4. The Labute approximate surface area is 127 Å². The fraction of sp³-hybridized carbons (Fsp3) is 0.462. The Bertz CT molecular complexity index is 438. The number of benzene rings is 1. The molecule has 0 fully saturated rings. The van der Waals surface area contributed by atoms with E-state index in [-0.39, 0.29) is 24.9 Å². The van der Waals surface area contributed by atoms with E-state index in [1.807, 2.05) is 0 Å². The van der Waals surface area contributed by atoms with Crippen molar-refractivity contribution in [3.05, 3.63) is 35.4 Å². The first kappa shape index (κ1) is 19.7. The molecule has 8 heteroatoms. The smallest absolute Gasteiger partial charge is 0.370 e. The van der Waals surface area contributed by atoms with Crippen LogP contribution >= 0.6 is 12.4 Å². The van der Waals surface area contributed by atoms with Gasteiger partial charge in [0.1, 0.15) is 6.61 Å². The van der Waals surface area contributed by atoms with Crippen LogP contribution in [0.2, 0.25) is 0 Å². The number of hydrogen-bond donors (Lipinski definition) is 2. The number of rotatable bonds is 6. The number of nitrogens with two attached hydrogens (primary N) is 1. The van der Waals surface area contributed by atoms with Crippen molar-refractivity contribution in [3.8, 4) is 0 Å². The highest BCUT2D eigenvalue weighted by atomic mass is 35.5. The van der Waals surface area contributed by atoms with Crippen molar-refractivity contribution >= 4 is 18.3 Å². The van der Waals surface area contributed by atoms with Gasteiger partial charge in [0, 0.05) is 18.2 Å². The van der Waals surface area contributed by atoms with Gasteiger partial charge in [-0.05, 0) is 24.6 Å². The van der Waals surface area contributed by atoms with Crippen LogP contribution in [0.1, 0.15) is 22.8 Å². The van der Waals surface area contributed by atoms with Crippen LogP contribution in [-0.4, -0.2) is 31.3 Å². The molecular formula is C13H18ClF3N2O2. The zero-order chi connectivity index (χ0) is 15.2. The second-order valence-corrected chi connectivity index (χ2v) is 4.41. The van der Waals surface area contributed by atoms with Gasteiger partial charge in [-0.3, -0.25) is 4.79 Å². The maximum Gasteiger partial charge on any atom is 0.411 e. The van der Waals surface area contributed by atoms with Gasteiger partial charge in [0.2, 0.25) is 0 Å². The lowest BCUT2D eigenvalue weighted by molar-refractivity contribution is -0.174. The molecule has 1 atom stereocenters. The number of ether oxygens (including phenoxy) is 1. The van der Waals surface area contributed by atoms with Gasteiger partial charge in [0.05, 0.1) is 6.61 Å². The standard InChI is InChI=1S/C13H17F3N2O2.ClH/c1-9(7-20-8-13(14,15)16)18-12(19)11-4-2-10(6-17)3-5-11;/h2-5,9H,6-8,17H2,1H3,(H,18,19);1H. The summed E-state index contributed by atoms with van der Waals surface area (Å²) in [5, 5.41) is 2.56. The molecule has 120 valence electrons. The predicted octanol–water partition coefficient (Wildman–Crippen LogP) is 2.26. The van der Waals surface area contributed by atoms with Gasteiger partial charge in [-0.15, -0.1) is 12.4 Å². The molecule has 1 rings (SSSR count). The van der Waals surface area contributed by atoms with Crippen LogP contribution < -0.4 is 11.1 Å². The second kappa shape index (κ2) is 8.86. The Morgan fingerprint density at radius 3 is 2.38 bits per heavy atom. The molecule has 0 aliphatic carbocycles. The van der Waals surface area contributed by atoms with Crippen LogP contribution in [-0.2, 0) is 11.3 Å². The van der Waals surface area contributed by atoms with Gasteiger partial charge >= 0.3 is 6.18 Å². The number of amides is 1. The largest absolute Gasteiger partial charge is 0.411 e. The van der Waals surface area contributed by atoms with E-state index in [1.54, 1.807) is 31.2 Å². The zero-order valence-corrected chi connectivity index (χ0v) is 12.3. The first-order valence-corrected chi connectivity index (χ1v) is 6.06. The highest BCUT2D eigenvalue weighted by molar-refractivity contribution is 5.94. The average Bonchev–Trinajstić information content (AvgIpc) is 2.37. The summed E-state index contributed by atoms with van der Waals surface area (Å²) in [5.74, 6) is -0.364. The molecule has 0 aliphatic rings. The fourth-order valence-corrected chi connectivity index (χ4v) is 1.49. The molecule has 0 aliphatic heterocycles. The van der Waals surface area contributed by atoms with Crippen molar-refractivity contribution < 1.29 is 22.7 Å². The summed E-state index contributed by atoms with van der Waals surface area (Å²) >= 11 is 0. The Morgan fingerprint density at radius 1 is 1.33 bits per heavy atom. The summed E-state index contributed by atoms with van der Waals surface area (Å²) in [7, 11) is 0. The van der Waals surface area contributed by atoms with Gasteiger partial charge in [0.15, 0.2) is 0 Å². The van der Waals surface area contributed by atoms with E-state index in [2.05, 4.69) is 10.1 Å². The van der Waals surface area contributed by atoms with E-state index in [4.69, 9.17) is 5.73 Å². The quantitative estimate of drug-likeness (QED) is 0.843. The number of carbonyl (C=O) groups is 1. The van der Waals surface area contributed by atoms with Gasteiger partial charge < -0.3 is 15.8 Å². The molecule has 1 amide bonds. The summed E-state index contributed by atoms with van der Waals surface area (Å²) in [6, 6.07) is 6.15. The molecule has 0 saturated carbocycles. The van der Waals surface area contributed by atoms with Crippen molar-refractivity contribution in [3.63, 3.8) is 0 Å². The minimum absolute atomic E-state index is 0. The molecule has 1 unspecified atom stereocenters. The third-order valence-corrected chi connectivity index (χ3v) is 2.46. The second-order valence-electron chi connectivity index (χ2n) is 4.41. The van der Waals surface area contributed by atoms with Crippen molar-refractivity contribution in [2.75, 3.05) is 13.2 Å². The average molecular weight is 327 g/mol. The minimum Gasteiger partial charge on any atom is -0.370 e. The Morgan fingerprint density at radius 2 is 1.90 bits per heavy atom. The molecule has 0 aromatic heterocycles. The number of carbonyl (C=O) groups excluding carboxylic acids is 1. The monoisotopic (exact) mass is 326 g/mol. The molecule has 1 aromatic carbocycles. The van der Waals surface area contributed by atoms with Crippen LogP contribution in [0, 0.1) is 0 Å². The Kier molecular flexibility index (Phi) is 8.31. The lowest BCUT2D eigenvalue weighted by Crippen LogP contribution is -2.36. The third kappa shape index (κ3) is 7.89. The summed E-state index contributed by atoms with van der Waals surface area (Å²) < 4.78 is 40.1. The number of hydrogen-bond acceptors (Lipinski definition) is 3. The van der Waals surface area contributed by atoms with Crippen LogP contribution in [0.3, 0.4) is 0 Å². The van der Waals surface area contributed by atoms with Gasteiger partial charge in [0.25, 0.3) is 5.91 Å². The molecule has 0 saturated heterocycles. The number of nitrogens with one attached hydrogen (secondary N) is 1. The van der Waals surface area contributed by atoms with Crippen LogP contribution in [0.4, 0.5) is 13.2 Å². The van der Waals surface area contributed by atoms with Gasteiger partial charge in [-0.25, -0.2) is 0 Å². The summed E-state index contributed by atoms with van der Waals surface area (Å²) in [6.07, 6.45) is -4.36. The van der Waals surface area contributed by atoms with E-state index >= 15 is 0 Å². The Balaban J connectivity index is 0.00000400. The lowest BCUT2D eigenvalue weighted by atomic mass is 10.1. The maximum atomic E-state index is 11.9. The maximum absolute atomic E-state index is 11.9. The summed E-state index contributed by atoms with van der Waals surface area (Å²) in [5.41, 5.74) is 6.75. The van der Waals surface area contributed by atoms with E-state index in [0.717, 1.165) is 5.56 Å². The first-order chi connectivity index (χ1) is 9.31. The normalized spacial score (nSPS) is 12.4. The molecule has 4 nitrogen and oxygen atoms in total. The summed E-state index contributed by atoms with van der Waals surface area (Å²) in [4.78, 5) is 11.8. The molecular weight excluding hydrogens is 309 g/mol. The van der Waals surface area contributed by atoms with Gasteiger partial charge in [-0.1, -0.05) is 12.1 Å². The van der Waals surface area contributed by atoms with Crippen molar-refractivity contribution in [1.82, 2.24) is 5.32 Å². The van der Waals surface area contributed by atoms with Crippen molar-refractivity contribution in [2.45, 2.75) is 25.7 Å². The third-order valence-electron chi connectivity index (χ3n) is 2.46. The summed E-state index contributed by atoms with van der Waals surface area (Å²) in [6.45, 7) is 0.427. The highest BCUT2D eigenvalue weighted by Gasteiger charge is 2.27. The molecule has 3 N–H and O–H groups in total. The predicted molar refractivity (Wildman–Crippen MR) is 75.4 cm³/mol. The highest BCUT2D eigenvalue weighted by Crippen LogP contribution is 2.14. The molecule has 0 radical (unpaired) electrons. The molecule has 0 heterocycles. The minimum atomic E-state index is -4.36. The van der Waals surface area contributed by atoms with E-state index in [9.17, 15) is 18.0 Å². The van der Waals surface area contributed by atoms with Crippen LogP contribution in [0.25, 0.3) is 0 Å². The van der Waals surface area contributed by atoms with E-state index in [1.165, 1.54) is 0 Å². The van der Waals surface area contributed by atoms with Crippen LogP contribution in [0.15, 0.2) is 24.3 Å². The molecule has 1 aromatic rings. The number of alkyl halides is 3. The van der Waals surface area contributed by atoms with Crippen LogP contribution in [0.5, 0.6) is 0 Å². The number of halogens is 4.